The molecule has 24 heavy (non-hydrogen) atoms. The summed E-state index contributed by atoms with van der Waals surface area (Å²) in [6.07, 6.45) is 1.21. The van der Waals surface area contributed by atoms with Gasteiger partial charge >= 0.3 is 11.8 Å². The zero-order valence-electron chi connectivity index (χ0n) is 12.4. The second-order valence-electron chi connectivity index (χ2n) is 4.65. The molecule has 0 atom stereocenters. The molecule has 2 rings (SSSR count). The van der Waals surface area contributed by atoms with Gasteiger partial charge in [0.15, 0.2) is 0 Å². The van der Waals surface area contributed by atoms with Crippen LogP contribution in [0.25, 0.3) is 0 Å². The first kappa shape index (κ1) is 16.7. The van der Waals surface area contributed by atoms with Gasteiger partial charge in [-0.05, 0) is 36.4 Å². The molecule has 0 heterocycles. The minimum atomic E-state index is -0.986. The Kier molecular flexibility index (Phi) is 5.24. The molecule has 3 amide bonds. The van der Waals surface area contributed by atoms with Crippen LogP contribution in [0.1, 0.15) is 15.9 Å². The predicted molar refractivity (Wildman–Crippen MR) is 87.4 cm³/mol. The molecule has 0 aromatic heterocycles. The number of phenols is 1. The van der Waals surface area contributed by atoms with Gasteiger partial charge < -0.3 is 16.2 Å². The molecule has 0 aliphatic heterocycles. The van der Waals surface area contributed by atoms with E-state index in [0.717, 1.165) is 0 Å². The van der Waals surface area contributed by atoms with E-state index in [2.05, 4.69) is 10.4 Å². The summed E-state index contributed by atoms with van der Waals surface area (Å²) in [6.45, 7) is 0. The molecule has 0 fully saturated rings. The highest BCUT2D eigenvalue weighted by atomic mass is 16.3. The molecule has 0 saturated heterocycles. The molecule has 8 heteroatoms. The molecule has 122 valence electrons. The van der Waals surface area contributed by atoms with Gasteiger partial charge in [-0.3, -0.25) is 14.4 Å². The molecule has 0 saturated carbocycles. The summed E-state index contributed by atoms with van der Waals surface area (Å²) in [4.78, 5) is 34.3. The maximum atomic E-state index is 11.7. The van der Waals surface area contributed by atoms with Gasteiger partial charge in [0.05, 0.1) is 6.21 Å². The van der Waals surface area contributed by atoms with E-state index in [-0.39, 0.29) is 11.3 Å². The van der Waals surface area contributed by atoms with Gasteiger partial charge in [0.2, 0.25) is 5.91 Å². The number of benzene rings is 2. The largest absolute Gasteiger partial charge is 0.507 e. The number of nitrogens with two attached hydrogens (primary N) is 1. The first-order valence-electron chi connectivity index (χ1n) is 6.79. The summed E-state index contributed by atoms with van der Waals surface area (Å²) in [5.74, 6) is -2.52. The monoisotopic (exact) mass is 326 g/mol. The zero-order chi connectivity index (χ0) is 17.5. The number of nitrogens with one attached hydrogen (secondary N) is 2. The fourth-order valence-corrected chi connectivity index (χ4v) is 1.71. The maximum Gasteiger partial charge on any atom is 0.329 e. The summed E-state index contributed by atoms with van der Waals surface area (Å²) in [5.41, 5.74) is 8.14. The third-order valence-electron chi connectivity index (χ3n) is 2.94. The number of amides is 3. The second-order valence-corrected chi connectivity index (χ2v) is 4.65. The Morgan fingerprint density at radius 2 is 1.67 bits per heavy atom. The lowest BCUT2D eigenvalue weighted by Gasteiger charge is -2.04. The third kappa shape index (κ3) is 4.41. The number of para-hydroxylation sites is 1. The molecule has 0 spiro atoms. The van der Waals surface area contributed by atoms with Crippen LogP contribution in [0.15, 0.2) is 53.6 Å². The van der Waals surface area contributed by atoms with Crippen molar-refractivity contribution in [1.82, 2.24) is 5.43 Å². The van der Waals surface area contributed by atoms with Gasteiger partial charge in [-0.1, -0.05) is 12.1 Å². The highest BCUT2D eigenvalue weighted by molar-refractivity contribution is 6.39. The number of hydrogen-bond acceptors (Lipinski definition) is 5. The molecular formula is C16H14N4O4. The first-order chi connectivity index (χ1) is 11.5. The third-order valence-corrected chi connectivity index (χ3v) is 2.94. The van der Waals surface area contributed by atoms with Crippen LogP contribution >= 0.6 is 0 Å². The normalized spacial score (nSPS) is 10.3. The Labute approximate surface area is 137 Å². The van der Waals surface area contributed by atoms with Crippen LogP contribution in [0.4, 0.5) is 5.69 Å². The number of nitrogens with zero attached hydrogens (tertiary/aromatic N) is 1. The molecule has 0 radical (unpaired) electrons. The number of anilines is 1. The fraction of sp³-hybridized carbons (Fsp3) is 0. The number of aromatic hydroxyl groups is 1. The van der Waals surface area contributed by atoms with E-state index < -0.39 is 17.7 Å². The van der Waals surface area contributed by atoms with Crippen molar-refractivity contribution in [2.24, 2.45) is 10.8 Å². The van der Waals surface area contributed by atoms with Gasteiger partial charge in [-0.2, -0.15) is 5.10 Å². The van der Waals surface area contributed by atoms with Crippen molar-refractivity contribution in [3.05, 3.63) is 59.7 Å². The van der Waals surface area contributed by atoms with Crippen LogP contribution in [-0.4, -0.2) is 29.0 Å². The lowest BCUT2D eigenvalue weighted by Crippen LogP contribution is -2.32. The van der Waals surface area contributed by atoms with Gasteiger partial charge in [0.25, 0.3) is 0 Å². The van der Waals surface area contributed by atoms with Crippen molar-refractivity contribution in [3.8, 4) is 5.75 Å². The van der Waals surface area contributed by atoms with E-state index in [1.54, 1.807) is 18.2 Å². The van der Waals surface area contributed by atoms with Crippen LogP contribution in [0.2, 0.25) is 0 Å². The summed E-state index contributed by atoms with van der Waals surface area (Å²) < 4.78 is 0. The Balaban J connectivity index is 1.91. The van der Waals surface area contributed by atoms with Gasteiger partial charge in [-0.15, -0.1) is 0 Å². The van der Waals surface area contributed by atoms with Crippen LogP contribution in [0.5, 0.6) is 5.75 Å². The molecule has 0 aliphatic carbocycles. The number of carbonyl (C=O) groups excluding carboxylic acids is 3. The summed E-state index contributed by atoms with van der Waals surface area (Å²) in [7, 11) is 0. The quantitative estimate of drug-likeness (QED) is 0.371. The van der Waals surface area contributed by atoms with Crippen molar-refractivity contribution < 1.29 is 19.5 Å². The summed E-state index contributed by atoms with van der Waals surface area (Å²) >= 11 is 0. The van der Waals surface area contributed by atoms with Crippen LogP contribution in [0.3, 0.4) is 0 Å². The molecule has 8 nitrogen and oxygen atoms in total. The highest BCUT2D eigenvalue weighted by Crippen LogP contribution is 2.12. The number of primary amides is 1. The smallest absolute Gasteiger partial charge is 0.329 e. The van der Waals surface area contributed by atoms with Crippen molar-refractivity contribution in [3.63, 3.8) is 0 Å². The fourth-order valence-electron chi connectivity index (χ4n) is 1.71. The molecule has 5 N–H and O–H groups in total. The highest BCUT2D eigenvalue weighted by Gasteiger charge is 2.13. The van der Waals surface area contributed by atoms with Crippen molar-refractivity contribution in [2.45, 2.75) is 0 Å². The molecule has 0 unspecified atom stereocenters. The lowest BCUT2D eigenvalue weighted by atomic mass is 10.2. The van der Waals surface area contributed by atoms with Crippen molar-refractivity contribution >= 4 is 29.6 Å². The number of carbonyl (C=O) groups is 3. The summed E-state index contributed by atoms with van der Waals surface area (Å²) in [6, 6.07) is 12.1. The van der Waals surface area contributed by atoms with Crippen molar-refractivity contribution in [2.75, 3.05) is 5.32 Å². The first-order valence-corrected chi connectivity index (χ1v) is 6.79. The summed E-state index contributed by atoms with van der Waals surface area (Å²) in [5, 5.41) is 15.5. The van der Waals surface area contributed by atoms with E-state index in [9.17, 15) is 19.5 Å². The van der Waals surface area contributed by atoms with Crippen LogP contribution in [0, 0.1) is 0 Å². The Morgan fingerprint density at radius 3 is 2.29 bits per heavy atom. The average molecular weight is 326 g/mol. The van der Waals surface area contributed by atoms with E-state index in [1.807, 2.05) is 5.43 Å². The minimum absolute atomic E-state index is 0.00510. The molecule has 0 bridgehead atoms. The van der Waals surface area contributed by atoms with E-state index >= 15 is 0 Å². The SMILES string of the molecule is NC(=O)c1ccc(NC(=O)C(=O)N/N=C/c2ccccc2O)cc1. The number of rotatable bonds is 4. The topological polar surface area (TPSA) is 134 Å². The van der Waals surface area contributed by atoms with Crippen LogP contribution < -0.4 is 16.5 Å². The number of hydrogen-bond donors (Lipinski definition) is 4. The second kappa shape index (κ2) is 7.54. The maximum absolute atomic E-state index is 11.7. The Morgan fingerprint density at radius 1 is 1.00 bits per heavy atom. The average Bonchev–Trinajstić information content (AvgIpc) is 2.57. The molecular weight excluding hydrogens is 312 g/mol. The predicted octanol–water partition coefficient (Wildman–Crippen LogP) is 0.580. The minimum Gasteiger partial charge on any atom is -0.507 e. The Bertz CT molecular complexity index is 800. The van der Waals surface area contributed by atoms with E-state index in [1.165, 1.54) is 36.5 Å². The molecule has 0 aliphatic rings. The van der Waals surface area contributed by atoms with Gasteiger partial charge in [0, 0.05) is 16.8 Å². The van der Waals surface area contributed by atoms with Crippen LogP contribution in [-0.2, 0) is 9.59 Å². The van der Waals surface area contributed by atoms with Gasteiger partial charge in [0.1, 0.15) is 5.75 Å². The molecule has 2 aromatic rings. The lowest BCUT2D eigenvalue weighted by molar-refractivity contribution is -0.136. The zero-order valence-corrected chi connectivity index (χ0v) is 12.4. The van der Waals surface area contributed by atoms with E-state index in [0.29, 0.717) is 11.3 Å². The van der Waals surface area contributed by atoms with Gasteiger partial charge in [-0.25, -0.2) is 5.43 Å². The number of phenolic OH excluding ortho intramolecular Hbond substituents is 1. The Hall–Kier alpha value is -3.68. The standard InChI is InChI=1S/C16H14N4O4/c17-14(22)10-5-7-12(8-6-10)19-15(23)16(24)20-18-9-11-3-1-2-4-13(11)21/h1-9,21H,(H2,17,22)(H,19,23)(H,20,24)/b18-9+. The van der Waals surface area contributed by atoms with E-state index in [4.69, 9.17) is 5.73 Å². The number of hydrazone groups is 1. The molecule has 2 aromatic carbocycles. The van der Waals surface area contributed by atoms with Crippen molar-refractivity contribution in [1.29, 1.82) is 0 Å².